The lowest BCUT2D eigenvalue weighted by Crippen LogP contribution is -2.33. The molecular formula is C12H17N3O3S. The van der Waals surface area contributed by atoms with Gasteiger partial charge in [0.15, 0.2) is 0 Å². The van der Waals surface area contributed by atoms with Gasteiger partial charge in [-0.3, -0.25) is 0 Å². The molecule has 0 aromatic carbocycles. The van der Waals surface area contributed by atoms with Crippen molar-refractivity contribution in [1.29, 1.82) is 0 Å². The summed E-state index contributed by atoms with van der Waals surface area (Å²) in [4.78, 5) is 0. The normalized spacial score (nSPS) is 24.6. The molecule has 0 spiro atoms. The Kier molecular flexibility index (Phi) is 3.18. The number of hydrogen-bond donors (Lipinski definition) is 0. The summed E-state index contributed by atoms with van der Waals surface area (Å²) in [5, 5.41) is 7.71. The minimum absolute atomic E-state index is 0.120. The molecule has 2 fully saturated rings. The van der Waals surface area contributed by atoms with E-state index < -0.39 is 10.0 Å². The Balaban J connectivity index is 1.61. The monoisotopic (exact) mass is 283 g/mol. The average molecular weight is 283 g/mol. The molecule has 2 heterocycles. The van der Waals surface area contributed by atoms with Crippen LogP contribution in [0.5, 0.6) is 5.88 Å². The van der Waals surface area contributed by atoms with Gasteiger partial charge in [0.25, 0.3) is 0 Å². The Bertz CT molecular complexity index is 554. The Morgan fingerprint density at radius 2 is 2.05 bits per heavy atom. The van der Waals surface area contributed by atoms with E-state index in [1.54, 1.807) is 10.4 Å². The molecular weight excluding hydrogens is 266 g/mol. The number of ether oxygens (including phenoxy) is 1. The zero-order valence-corrected chi connectivity index (χ0v) is 11.6. The Morgan fingerprint density at radius 1 is 1.26 bits per heavy atom. The minimum Gasteiger partial charge on any atom is -0.472 e. The zero-order valence-electron chi connectivity index (χ0n) is 10.8. The highest BCUT2D eigenvalue weighted by Crippen LogP contribution is 2.33. The van der Waals surface area contributed by atoms with Gasteiger partial charge in [0.1, 0.15) is 6.10 Å². The van der Waals surface area contributed by atoms with E-state index in [4.69, 9.17) is 4.74 Å². The van der Waals surface area contributed by atoms with Crippen molar-refractivity contribution in [2.75, 3.05) is 13.1 Å². The lowest BCUT2D eigenvalue weighted by Gasteiger charge is -2.16. The summed E-state index contributed by atoms with van der Waals surface area (Å²) in [5.41, 5.74) is 0.830. The SMILES string of the molecule is Cc1ccc(O[C@H]2CCN(S(=O)(=O)C3CC3)C2)nn1. The fraction of sp³-hybridized carbons (Fsp3) is 0.667. The zero-order chi connectivity index (χ0) is 13.5. The predicted molar refractivity (Wildman–Crippen MR) is 69.3 cm³/mol. The van der Waals surface area contributed by atoms with Crippen LogP contribution in [0.3, 0.4) is 0 Å². The van der Waals surface area contributed by atoms with Crippen LogP contribution in [0.4, 0.5) is 0 Å². The van der Waals surface area contributed by atoms with Gasteiger partial charge in [0, 0.05) is 12.6 Å². The first-order valence-electron chi connectivity index (χ1n) is 6.51. The van der Waals surface area contributed by atoms with Crippen LogP contribution >= 0.6 is 0 Å². The molecule has 1 aromatic heterocycles. The predicted octanol–water partition coefficient (Wildman–Crippen LogP) is 0.730. The third-order valence-electron chi connectivity index (χ3n) is 3.47. The van der Waals surface area contributed by atoms with Gasteiger partial charge in [0.05, 0.1) is 17.5 Å². The van der Waals surface area contributed by atoms with Crippen LogP contribution in [0.25, 0.3) is 0 Å². The molecule has 7 heteroatoms. The van der Waals surface area contributed by atoms with Crippen LogP contribution in [0.1, 0.15) is 25.0 Å². The van der Waals surface area contributed by atoms with Crippen LogP contribution in [-0.4, -0.2) is 47.4 Å². The molecule has 1 atom stereocenters. The standard InChI is InChI=1S/C12H17N3O3S/c1-9-2-5-12(14-13-9)18-10-6-7-15(8-10)19(16,17)11-3-4-11/h2,5,10-11H,3-4,6-8H2,1H3/t10-/m0/s1. The smallest absolute Gasteiger partial charge is 0.233 e. The second-order valence-electron chi connectivity index (χ2n) is 5.14. The van der Waals surface area contributed by atoms with Crippen molar-refractivity contribution in [3.8, 4) is 5.88 Å². The fourth-order valence-electron chi connectivity index (χ4n) is 2.22. The Hall–Kier alpha value is -1.21. The number of aryl methyl sites for hydroxylation is 1. The van der Waals surface area contributed by atoms with E-state index in [9.17, 15) is 8.42 Å². The van der Waals surface area contributed by atoms with E-state index in [1.165, 1.54) is 0 Å². The quantitative estimate of drug-likeness (QED) is 0.814. The largest absolute Gasteiger partial charge is 0.472 e. The molecule has 3 rings (SSSR count). The summed E-state index contributed by atoms with van der Waals surface area (Å²) in [6, 6.07) is 3.59. The van der Waals surface area contributed by atoms with Crippen molar-refractivity contribution in [3.63, 3.8) is 0 Å². The van der Waals surface area contributed by atoms with Gasteiger partial charge in [-0.25, -0.2) is 8.42 Å². The van der Waals surface area contributed by atoms with E-state index in [2.05, 4.69) is 10.2 Å². The molecule has 6 nitrogen and oxygen atoms in total. The first-order chi connectivity index (χ1) is 9.05. The third-order valence-corrected chi connectivity index (χ3v) is 5.84. The molecule has 0 amide bonds. The third kappa shape index (κ3) is 2.71. The molecule has 0 N–H and O–H groups in total. The van der Waals surface area contributed by atoms with Crippen molar-refractivity contribution in [1.82, 2.24) is 14.5 Å². The Morgan fingerprint density at radius 3 is 2.68 bits per heavy atom. The number of aromatic nitrogens is 2. The van der Waals surface area contributed by atoms with Gasteiger partial charge in [-0.15, -0.1) is 5.10 Å². The molecule has 1 saturated carbocycles. The maximum atomic E-state index is 12.1. The maximum absolute atomic E-state index is 12.1. The van der Waals surface area contributed by atoms with Crippen LogP contribution in [0.2, 0.25) is 0 Å². The van der Waals surface area contributed by atoms with Crippen molar-refractivity contribution >= 4 is 10.0 Å². The molecule has 1 aromatic rings. The van der Waals surface area contributed by atoms with Crippen LogP contribution < -0.4 is 4.74 Å². The molecule has 0 bridgehead atoms. The van der Waals surface area contributed by atoms with E-state index in [1.807, 2.05) is 13.0 Å². The highest BCUT2D eigenvalue weighted by molar-refractivity contribution is 7.90. The average Bonchev–Trinajstić information content (AvgIpc) is 3.14. The van der Waals surface area contributed by atoms with Gasteiger partial charge in [-0.2, -0.15) is 9.40 Å². The van der Waals surface area contributed by atoms with E-state index in [0.29, 0.717) is 25.4 Å². The number of rotatable bonds is 4. The van der Waals surface area contributed by atoms with Gasteiger partial charge in [-0.1, -0.05) is 0 Å². The molecule has 1 aliphatic carbocycles. The second kappa shape index (κ2) is 4.72. The summed E-state index contributed by atoms with van der Waals surface area (Å²) >= 11 is 0. The molecule has 1 aliphatic heterocycles. The molecule has 2 aliphatic rings. The topological polar surface area (TPSA) is 72.4 Å². The Labute approximate surface area is 112 Å². The van der Waals surface area contributed by atoms with E-state index in [-0.39, 0.29) is 11.4 Å². The van der Waals surface area contributed by atoms with Crippen molar-refractivity contribution in [3.05, 3.63) is 17.8 Å². The van der Waals surface area contributed by atoms with Crippen LogP contribution in [0.15, 0.2) is 12.1 Å². The summed E-state index contributed by atoms with van der Waals surface area (Å²) < 4.78 is 31.4. The highest BCUT2D eigenvalue weighted by Gasteiger charge is 2.43. The number of sulfonamides is 1. The lowest BCUT2D eigenvalue weighted by molar-refractivity contribution is 0.204. The van der Waals surface area contributed by atoms with Gasteiger partial charge in [0.2, 0.25) is 15.9 Å². The fourth-order valence-corrected chi connectivity index (χ4v) is 4.11. The van der Waals surface area contributed by atoms with Crippen molar-refractivity contribution in [2.24, 2.45) is 0 Å². The minimum atomic E-state index is -3.08. The first-order valence-corrected chi connectivity index (χ1v) is 8.02. The van der Waals surface area contributed by atoms with Crippen molar-refractivity contribution in [2.45, 2.75) is 37.5 Å². The molecule has 0 unspecified atom stereocenters. The molecule has 1 saturated heterocycles. The molecule has 104 valence electrons. The maximum Gasteiger partial charge on any atom is 0.233 e. The second-order valence-corrected chi connectivity index (χ2v) is 7.36. The highest BCUT2D eigenvalue weighted by atomic mass is 32.2. The molecule has 0 radical (unpaired) electrons. The molecule has 19 heavy (non-hydrogen) atoms. The first kappa shape index (κ1) is 12.8. The van der Waals surface area contributed by atoms with Crippen molar-refractivity contribution < 1.29 is 13.2 Å². The summed E-state index contributed by atoms with van der Waals surface area (Å²) in [6.45, 7) is 2.83. The van der Waals surface area contributed by atoms with Gasteiger partial charge in [-0.05, 0) is 32.3 Å². The summed E-state index contributed by atoms with van der Waals surface area (Å²) in [6.07, 6.45) is 2.19. The summed E-state index contributed by atoms with van der Waals surface area (Å²) in [7, 11) is -3.08. The number of nitrogens with zero attached hydrogens (tertiary/aromatic N) is 3. The van der Waals surface area contributed by atoms with Crippen LogP contribution in [0, 0.1) is 6.92 Å². The van der Waals surface area contributed by atoms with E-state index >= 15 is 0 Å². The van der Waals surface area contributed by atoms with Crippen LogP contribution in [-0.2, 0) is 10.0 Å². The van der Waals surface area contributed by atoms with E-state index in [0.717, 1.165) is 18.5 Å². The van der Waals surface area contributed by atoms with Gasteiger partial charge < -0.3 is 4.74 Å². The number of hydrogen-bond acceptors (Lipinski definition) is 5. The summed E-state index contributed by atoms with van der Waals surface area (Å²) in [5.74, 6) is 0.460. The lowest BCUT2D eigenvalue weighted by atomic mass is 10.3. The van der Waals surface area contributed by atoms with Gasteiger partial charge >= 0.3 is 0 Å².